The number of hydrogen-bond acceptors (Lipinski definition) is 2. The second-order valence-electron chi connectivity index (χ2n) is 5.15. The summed E-state index contributed by atoms with van der Waals surface area (Å²) in [4.78, 5) is 0. The number of hydrogen-bond donors (Lipinski definition) is 1. The zero-order valence-electron chi connectivity index (χ0n) is 10.6. The highest BCUT2D eigenvalue weighted by Crippen LogP contribution is 2.38. The van der Waals surface area contributed by atoms with Crippen molar-refractivity contribution in [2.75, 3.05) is 39.2 Å². The van der Waals surface area contributed by atoms with Crippen LogP contribution >= 0.6 is 11.8 Å². The van der Waals surface area contributed by atoms with Crippen LogP contribution in [0.2, 0.25) is 0 Å². The molecule has 0 aliphatic heterocycles. The lowest BCUT2D eigenvalue weighted by Gasteiger charge is -2.26. The fourth-order valence-corrected chi connectivity index (χ4v) is 2.19. The Hall–Kier alpha value is -0.0800. The van der Waals surface area contributed by atoms with E-state index in [1.165, 1.54) is 0 Å². The maximum absolute atomic E-state index is 12.5. The quantitative estimate of drug-likeness (QED) is 0.442. The van der Waals surface area contributed by atoms with Gasteiger partial charge in [0.05, 0.1) is 21.1 Å². The van der Waals surface area contributed by atoms with Crippen LogP contribution in [0.15, 0.2) is 0 Å². The van der Waals surface area contributed by atoms with Crippen LogP contribution in [0.3, 0.4) is 0 Å². The molecule has 0 saturated heterocycles. The first kappa shape index (κ1) is 17.9. The summed E-state index contributed by atoms with van der Waals surface area (Å²) in [6.07, 6.45) is -7.46. The lowest BCUT2D eigenvalue weighted by molar-refractivity contribution is -0.873. The number of rotatable bonds is 7. The first-order valence-electron chi connectivity index (χ1n) is 5.36. The van der Waals surface area contributed by atoms with Crippen LogP contribution in [0, 0.1) is 0 Å². The minimum absolute atomic E-state index is 0.156. The number of aliphatic hydroxyl groups is 1. The zero-order chi connectivity index (χ0) is 14.6. The molecule has 0 saturated carbocycles. The smallest absolute Gasteiger partial charge is 0.386 e. The molecule has 0 amide bonds. The van der Waals surface area contributed by atoms with E-state index >= 15 is 0 Å². The van der Waals surface area contributed by atoms with E-state index in [1.54, 1.807) is 0 Å². The minimum atomic E-state index is -5.49. The zero-order valence-corrected chi connectivity index (χ0v) is 11.4. The number of aliphatic hydroxyl groups excluding tert-OH is 1. The molecular formula is C10H19F5NOS+. The maximum atomic E-state index is 12.5. The van der Waals surface area contributed by atoms with Crippen molar-refractivity contribution in [3.63, 3.8) is 0 Å². The van der Waals surface area contributed by atoms with Crippen LogP contribution in [-0.2, 0) is 0 Å². The topological polar surface area (TPSA) is 20.2 Å². The van der Waals surface area contributed by atoms with Gasteiger partial charge in [0.25, 0.3) is 0 Å². The predicted octanol–water partition coefficient (Wildman–Crippen LogP) is 2.37. The maximum Gasteiger partial charge on any atom is 0.453 e. The standard InChI is InChI=1S/C10H19F5NOS/c1-16(2,3)6-8(17)7-18-5-4-9(11,12)10(13,14)15/h8,17H,4-7H2,1-3H3/q+1. The fraction of sp³-hybridized carbons (Fsp3) is 1.00. The molecule has 0 rings (SSSR count). The summed E-state index contributed by atoms with van der Waals surface area (Å²) in [6.45, 7) is 0.419. The van der Waals surface area contributed by atoms with Crippen molar-refractivity contribution in [1.82, 2.24) is 0 Å². The predicted molar refractivity (Wildman–Crippen MR) is 61.9 cm³/mol. The Morgan fingerprint density at radius 1 is 1.11 bits per heavy atom. The van der Waals surface area contributed by atoms with Crippen LogP contribution in [0.5, 0.6) is 0 Å². The molecule has 110 valence electrons. The first-order valence-corrected chi connectivity index (χ1v) is 6.51. The van der Waals surface area contributed by atoms with Gasteiger partial charge in [0.1, 0.15) is 12.6 Å². The second kappa shape index (κ2) is 6.38. The van der Waals surface area contributed by atoms with E-state index in [4.69, 9.17) is 0 Å². The molecule has 0 aliphatic carbocycles. The van der Waals surface area contributed by atoms with Crippen molar-refractivity contribution in [3.8, 4) is 0 Å². The van der Waals surface area contributed by atoms with Gasteiger partial charge in [-0.05, 0) is 5.75 Å². The van der Waals surface area contributed by atoms with Gasteiger partial charge in [0, 0.05) is 12.2 Å². The van der Waals surface area contributed by atoms with Crippen LogP contribution in [0.25, 0.3) is 0 Å². The number of nitrogens with zero attached hydrogens (tertiary/aromatic N) is 1. The molecule has 1 N–H and O–H groups in total. The largest absolute Gasteiger partial charge is 0.453 e. The number of thioether (sulfide) groups is 1. The van der Waals surface area contributed by atoms with E-state index < -0.39 is 24.6 Å². The number of alkyl halides is 5. The fourth-order valence-electron chi connectivity index (χ4n) is 1.25. The Morgan fingerprint density at radius 2 is 1.61 bits per heavy atom. The van der Waals surface area contributed by atoms with E-state index in [9.17, 15) is 27.1 Å². The Bertz CT molecular complexity index is 252. The molecule has 0 bridgehead atoms. The molecule has 0 fully saturated rings. The van der Waals surface area contributed by atoms with Crippen molar-refractivity contribution in [1.29, 1.82) is 0 Å². The summed E-state index contributed by atoms with van der Waals surface area (Å²) >= 11 is 0.905. The van der Waals surface area contributed by atoms with Gasteiger partial charge in [-0.3, -0.25) is 0 Å². The van der Waals surface area contributed by atoms with Gasteiger partial charge in [-0.2, -0.15) is 33.7 Å². The Labute approximate surface area is 108 Å². The van der Waals surface area contributed by atoms with E-state index in [1.807, 2.05) is 21.1 Å². The third-order valence-corrected chi connectivity index (χ3v) is 3.16. The van der Waals surface area contributed by atoms with Crippen LogP contribution in [0.1, 0.15) is 6.42 Å². The van der Waals surface area contributed by atoms with E-state index in [-0.39, 0.29) is 11.5 Å². The van der Waals surface area contributed by atoms with E-state index in [0.29, 0.717) is 11.0 Å². The van der Waals surface area contributed by atoms with Crippen LogP contribution in [-0.4, -0.2) is 67.0 Å². The van der Waals surface area contributed by atoms with Crippen molar-refractivity contribution in [3.05, 3.63) is 0 Å². The molecular weight excluding hydrogens is 277 g/mol. The summed E-state index contributed by atoms with van der Waals surface area (Å²) in [5.74, 6) is -4.82. The summed E-state index contributed by atoms with van der Waals surface area (Å²) in [6, 6.07) is 0. The molecule has 18 heavy (non-hydrogen) atoms. The van der Waals surface area contributed by atoms with Gasteiger partial charge in [-0.15, -0.1) is 0 Å². The number of likely N-dealkylation sites (N-methyl/N-ethyl adjacent to an activating group) is 1. The molecule has 2 nitrogen and oxygen atoms in total. The average Bonchev–Trinajstić information content (AvgIpc) is 2.07. The summed E-state index contributed by atoms with van der Waals surface area (Å²) < 4.78 is 61.0. The molecule has 8 heteroatoms. The highest BCUT2D eigenvalue weighted by Gasteiger charge is 2.56. The van der Waals surface area contributed by atoms with Crippen molar-refractivity contribution in [2.24, 2.45) is 0 Å². The molecule has 1 atom stereocenters. The third-order valence-electron chi connectivity index (χ3n) is 2.04. The Morgan fingerprint density at radius 3 is 2.00 bits per heavy atom. The van der Waals surface area contributed by atoms with Crippen LogP contribution < -0.4 is 0 Å². The first-order chi connectivity index (χ1) is 7.85. The molecule has 0 aromatic heterocycles. The highest BCUT2D eigenvalue weighted by molar-refractivity contribution is 7.99. The molecule has 0 aromatic rings. The van der Waals surface area contributed by atoms with Crippen molar-refractivity contribution < 1.29 is 31.5 Å². The molecule has 1 unspecified atom stereocenters. The van der Waals surface area contributed by atoms with Gasteiger partial charge >= 0.3 is 12.1 Å². The third kappa shape index (κ3) is 7.38. The monoisotopic (exact) mass is 296 g/mol. The summed E-state index contributed by atoms with van der Waals surface area (Å²) in [7, 11) is 5.56. The van der Waals surface area contributed by atoms with Crippen molar-refractivity contribution in [2.45, 2.75) is 24.6 Å². The number of halogens is 5. The minimum Gasteiger partial charge on any atom is -0.386 e. The van der Waals surface area contributed by atoms with Gasteiger partial charge in [-0.1, -0.05) is 0 Å². The second-order valence-corrected chi connectivity index (χ2v) is 6.30. The SMILES string of the molecule is C[N+](C)(C)CC(O)CSCCC(F)(F)C(F)(F)F. The number of quaternary nitrogens is 1. The molecule has 0 spiro atoms. The lowest BCUT2D eigenvalue weighted by Crippen LogP contribution is -2.42. The van der Waals surface area contributed by atoms with Crippen molar-refractivity contribution >= 4 is 11.8 Å². The summed E-state index contributed by atoms with van der Waals surface area (Å²) in [5.41, 5.74) is 0. The molecule has 0 aromatic carbocycles. The van der Waals surface area contributed by atoms with E-state index in [0.717, 1.165) is 11.8 Å². The molecule has 0 heterocycles. The van der Waals surface area contributed by atoms with E-state index in [2.05, 4.69) is 0 Å². The molecule has 0 aliphatic rings. The summed E-state index contributed by atoms with van der Waals surface area (Å²) in [5, 5.41) is 9.53. The van der Waals surface area contributed by atoms with Gasteiger partial charge in [-0.25, -0.2) is 0 Å². The van der Waals surface area contributed by atoms with Gasteiger partial charge in [0.15, 0.2) is 0 Å². The Balaban J connectivity index is 3.88. The van der Waals surface area contributed by atoms with Gasteiger partial charge < -0.3 is 9.59 Å². The highest BCUT2D eigenvalue weighted by atomic mass is 32.2. The lowest BCUT2D eigenvalue weighted by atomic mass is 10.2. The molecule has 0 radical (unpaired) electrons. The van der Waals surface area contributed by atoms with Crippen LogP contribution in [0.4, 0.5) is 22.0 Å². The normalized spacial score (nSPS) is 15.8. The average molecular weight is 296 g/mol. The Kier molecular flexibility index (Phi) is 6.35. The van der Waals surface area contributed by atoms with Gasteiger partial charge in [0.2, 0.25) is 0 Å².